The monoisotopic (exact) mass is 296 g/mol. The zero-order chi connectivity index (χ0) is 15.6. The molecule has 0 saturated carbocycles. The molecule has 21 heavy (non-hydrogen) atoms. The summed E-state index contributed by atoms with van der Waals surface area (Å²) in [6, 6.07) is 4.33. The third kappa shape index (κ3) is 3.33. The van der Waals surface area contributed by atoms with Gasteiger partial charge >= 0.3 is 0 Å². The Morgan fingerprint density at radius 2 is 2.29 bits per heavy atom. The molecule has 2 rings (SSSR count). The van der Waals surface area contributed by atoms with Crippen LogP contribution in [0.25, 0.3) is 0 Å². The minimum atomic E-state index is -0.590. The maximum Gasteiger partial charge on any atom is 0.260 e. The standard InChI is InChI=1S/C15H21FN2O3/c1-15(2)9-18(8-10(7-17)21-15)14(19)13-11(16)5-4-6-12(13)20-3/h4-6,10H,7-9,17H2,1-3H3. The average Bonchev–Trinajstić information content (AvgIpc) is 2.44. The summed E-state index contributed by atoms with van der Waals surface area (Å²) in [6.07, 6.45) is -0.254. The Morgan fingerprint density at radius 3 is 2.90 bits per heavy atom. The summed E-state index contributed by atoms with van der Waals surface area (Å²) in [5.41, 5.74) is 5.08. The van der Waals surface area contributed by atoms with Crippen molar-refractivity contribution in [2.24, 2.45) is 5.73 Å². The minimum Gasteiger partial charge on any atom is -0.496 e. The predicted molar refractivity (Wildman–Crippen MR) is 76.9 cm³/mol. The van der Waals surface area contributed by atoms with Crippen LogP contribution >= 0.6 is 0 Å². The van der Waals surface area contributed by atoms with Crippen molar-refractivity contribution in [2.45, 2.75) is 25.6 Å². The Kier molecular flexibility index (Phi) is 4.49. The highest BCUT2D eigenvalue weighted by molar-refractivity contribution is 5.97. The Labute approximate surface area is 123 Å². The normalized spacial score (nSPS) is 21.2. The van der Waals surface area contributed by atoms with Crippen LogP contribution in [0.3, 0.4) is 0 Å². The maximum absolute atomic E-state index is 14.0. The summed E-state index contributed by atoms with van der Waals surface area (Å²) < 4.78 is 24.9. The molecule has 1 atom stereocenters. The molecule has 6 heteroatoms. The Bertz CT molecular complexity index is 534. The number of carbonyl (C=O) groups excluding carboxylic acids is 1. The van der Waals surface area contributed by atoms with E-state index in [1.54, 1.807) is 11.0 Å². The zero-order valence-corrected chi connectivity index (χ0v) is 12.6. The average molecular weight is 296 g/mol. The molecule has 1 heterocycles. The van der Waals surface area contributed by atoms with Crippen molar-refractivity contribution in [3.8, 4) is 5.75 Å². The van der Waals surface area contributed by atoms with E-state index in [2.05, 4.69) is 0 Å². The van der Waals surface area contributed by atoms with Gasteiger partial charge in [-0.25, -0.2) is 4.39 Å². The van der Waals surface area contributed by atoms with Gasteiger partial charge in [-0.1, -0.05) is 6.07 Å². The van der Waals surface area contributed by atoms with Crippen molar-refractivity contribution < 1.29 is 18.7 Å². The third-order valence-corrected chi connectivity index (χ3v) is 3.44. The number of nitrogens with two attached hydrogens (primary N) is 1. The number of ether oxygens (including phenoxy) is 2. The first-order valence-corrected chi connectivity index (χ1v) is 6.87. The summed E-state index contributed by atoms with van der Waals surface area (Å²) in [7, 11) is 1.41. The fourth-order valence-electron chi connectivity index (χ4n) is 2.61. The number of rotatable bonds is 3. The highest BCUT2D eigenvalue weighted by Crippen LogP contribution is 2.27. The van der Waals surface area contributed by atoms with Crippen molar-refractivity contribution in [3.63, 3.8) is 0 Å². The van der Waals surface area contributed by atoms with E-state index < -0.39 is 17.3 Å². The molecule has 0 radical (unpaired) electrons. The predicted octanol–water partition coefficient (Wildman–Crippen LogP) is 1.41. The highest BCUT2D eigenvalue weighted by Gasteiger charge is 2.36. The summed E-state index contributed by atoms with van der Waals surface area (Å²) in [6.45, 7) is 4.79. The van der Waals surface area contributed by atoms with E-state index in [-0.39, 0.29) is 17.4 Å². The molecule has 1 aromatic rings. The fraction of sp³-hybridized carbons (Fsp3) is 0.533. The number of hydrogen-bond acceptors (Lipinski definition) is 4. The number of morpholine rings is 1. The SMILES string of the molecule is COc1cccc(F)c1C(=O)N1CC(CN)OC(C)(C)C1. The molecule has 0 spiro atoms. The van der Waals surface area contributed by atoms with E-state index in [0.29, 0.717) is 19.6 Å². The Morgan fingerprint density at radius 1 is 1.57 bits per heavy atom. The lowest BCUT2D eigenvalue weighted by molar-refractivity contribution is -0.122. The second-order valence-corrected chi connectivity index (χ2v) is 5.74. The largest absolute Gasteiger partial charge is 0.496 e. The van der Waals surface area contributed by atoms with Gasteiger partial charge in [-0.05, 0) is 26.0 Å². The first-order valence-electron chi connectivity index (χ1n) is 6.87. The van der Waals surface area contributed by atoms with Crippen LogP contribution in [0, 0.1) is 5.82 Å². The third-order valence-electron chi connectivity index (χ3n) is 3.44. The van der Waals surface area contributed by atoms with E-state index in [4.69, 9.17) is 15.2 Å². The fourth-order valence-corrected chi connectivity index (χ4v) is 2.61. The lowest BCUT2D eigenvalue weighted by Gasteiger charge is -2.42. The maximum atomic E-state index is 14.0. The van der Waals surface area contributed by atoms with Crippen molar-refractivity contribution >= 4 is 5.91 Å². The smallest absolute Gasteiger partial charge is 0.260 e. The lowest BCUT2D eigenvalue weighted by Crippen LogP contribution is -2.56. The van der Waals surface area contributed by atoms with Crippen molar-refractivity contribution in [3.05, 3.63) is 29.6 Å². The molecule has 1 saturated heterocycles. The van der Waals surface area contributed by atoms with Crippen LogP contribution in [-0.2, 0) is 4.74 Å². The second-order valence-electron chi connectivity index (χ2n) is 5.74. The number of methoxy groups -OCH3 is 1. The van der Waals surface area contributed by atoms with Gasteiger partial charge in [0.05, 0.1) is 18.8 Å². The van der Waals surface area contributed by atoms with Gasteiger partial charge in [0.15, 0.2) is 0 Å². The van der Waals surface area contributed by atoms with Gasteiger partial charge in [-0.3, -0.25) is 4.79 Å². The number of carbonyl (C=O) groups is 1. The van der Waals surface area contributed by atoms with E-state index in [1.165, 1.54) is 19.2 Å². The molecule has 1 aliphatic heterocycles. The van der Waals surface area contributed by atoms with Crippen LogP contribution < -0.4 is 10.5 Å². The van der Waals surface area contributed by atoms with E-state index in [9.17, 15) is 9.18 Å². The van der Waals surface area contributed by atoms with Crippen molar-refractivity contribution in [1.29, 1.82) is 0 Å². The molecule has 1 fully saturated rings. The van der Waals surface area contributed by atoms with Crippen LogP contribution in [0.1, 0.15) is 24.2 Å². The van der Waals surface area contributed by atoms with Crippen LogP contribution in [0.2, 0.25) is 0 Å². The van der Waals surface area contributed by atoms with Gasteiger partial charge in [-0.15, -0.1) is 0 Å². The van der Waals surface area contributed by atoms with Crippen molar-refractivity contribution in [2.75, 3.05) is 26.7 Å². The highest BCUT2D eigenvalue weighted by atomic mass is 19.1. The molecule has 2 N–H and O–H groups in total. The molecular formula is C15H21FN2O3. The molecule has 116 valence electrons. The number of hydrogen-bond donors (Lipinski definition) is 1. The molecule has 1 aromatic carbocycles. The van der Waals surface area contributed by atoms with Crippen LogP contribution in [0.5, 0.6) is 5.75 Å². The molecule has 5 nitrogen and oxygen atoms in total. The number of nitrogens with zero attached hydrogens (tertiary/aromatic N) is 1. The van der Waals surface area contributed by atoms with Crippen molar-refractivity contribution in [1.82, 2.24) is 4.90 Å². The van der Waals surface area contributed by atoms with E-state index in [0.717, 1.165) is 0 Å². The van der Waals surface area contributed by atoms with Gasteiger partial charge in [0.25, 0.3) is 5.91 Å². The zero-order valence-electron chi connectivity index (χ0n) is 12.6. The molecule has 1 amide bonds. The van der Waals surface area contributed by atoms with Crippen LogP contribution in [-0.4, -0.2) is 49.3 Å². The first kappa shape index (κ1) is 15.7. The summed E-state index contributed by atoms with van der Waals surface area (Å²) >= 11 is 0. The Hall–Kier alpha value is -1.66. The van der Waals surface area contributed by atoms with Gasteiger partial charge in [-0.2, -0.15) is 0 Å². The van der Waals surface area contributed by atoms with Gasteiger partial charge in [0.2, 0.25) is 0 Å². The summed E-state index contributed by atoms with van der Waals surface area (Å²) in [4.78, 5) is 14.2. The Balaban J connectivity index is 2.31. The van der Waals surface area contributed by atoms with Gasteiger partial charge in [0, 0.05) is 19.6 Å². The summed E-state index contributed by atoms with van der Waals surface area (Å²) in [5, 5.41) is 0. The van der Waals surface area contributed by atoms with Gasteiger partial charge < -0.3 is 20.1 Å². The first-order chi connectivity index (χ1) is 9.88. The molecule has 0 aliphatic carbocycles. The molecule has 0 bridgehead atoms. The number of halogens is 1. The lowest BCUT2D eigenvalue weighted by atomic mass is 10.0. The quantitative estimate of drug-likeness (QED) is 0.916. The summed E-state index contributed by atoms with van der Waals surface area (Å²) in [5.74, 6) is -0.763. The molecular weight excluding hydrogens is 275 g/mol. The van der Waals surface area contributed by atoms with Gasteiger partial charge in [0.1, 0.15) is 17.1 Å². The molecule has 1 unspecified atom stereocenters. The number of amides is 1. The second kappa shape index (κ2) is 5.99. The molecule has 1 aliphatic rings. The topological polar surface area (TPSA) is 64.8 Å². The van der Waals surface area contributed by atoms with Crippen LogP contribution in [0.15, 0.2) is 18.2 Å². The number of benzene rings is 1. The van der Waals surface area contributed by atoms with E-state index >= 15 is 0 Å². The van der Waals surface area contributed by atoms with E-state index in [1.807, 2.05) is 13.8 Å². The molecule has 0 aromatic heterocycles. The minimum absolute atomic E-state index is 0.0477. The van der Waals surface area contributed by atoms with Crippen LogP contribution in [0.4, 0.5) is 4.39 Å².